The highest BCUT2D eigenvalue weighted by atomic mass is 32.2. The van der Waals surface area contributed by atoms with Crippen LogP contribution >= 0.6 is 11.8 Å². The van der Waals surface area contributed by atoms with Gasteiger partial charge in [-0.2, -0.15) is 0 Å². The molecule has 1 aliphatic heterocycles. The van der Waals surface area contributed by atoms with Crippen molar-refractivity contribution in [2.24, 2.45) is 0 Å². The van der Waals surface area contributed by atoms with Crippen LogP contribution in [0.25, 0.3) is 11.3 Å². The molecule has 7 heteroatoms. The third-order valence-electron chi connectivity index (χ3n) is 5.17. The molecule has 1 amide bonds. The SMILES string of the molecule is O=C(CSc1ncc(-c2ccccc2)n1CC1CCCO1)NCC(=O)c1ccccc1. The monoisotopic (exact) mass is 435 g/mol. The second-order valence-corrected chi connectivity index (χ2v) is 8.33. The molecule has 1 N–H and O–H groups in total. The van der Waals surface area contributed by atoms with Crippen LogP contribution in [0, 0.1) is 0 Å². The lowest BCUT2D eigenvalue weighted by atomic mass is 10.1. The van der Waals surface area contributed by atoms with Gasteiger partial charge in [-0.05, 0) is 18.4 Å². The molecule has 1 atom stereocenters. The molecule has 4 rings (SSSR count). The van der Waals surface area contributed by atoms with E-state index in [4.69, 9.17) is 4.74 Å². The zero-order valence-corrected chi connectivity index (χ0v) is 18.0. The van der Waals surface area contributed by atoms with Gasteiger partial charge in [0.25, 0.3) is 0 Å². The molecule has 1 saturated heterocycles. The topological polar surface area (TPSA) is 73.2 Å². The quantitative estimate of drug-likeness (QED) is 0.409. The molecular formula is C24H25N3O3S. The molecule has 160 valence electrons. The molecule has 0 aliphatic carbocycles. The van der Waals surface area contributed by atoms with E-state index in [0.717, 1.165) is 35.9 Å². The highest BCUT2D eigenvalue weighted by molar-refractivity contribution is 7.99. The Hall–Kier alpha value is -2.90. The van der Waals surface area contributed by atoms with Crippen molar-refractivity contribution in [2.75, 3.05) is 18.9 Å². The number of imidazole rings is 1. The fourth-order valence-corrected chi connectivity index (χ4v) is 4.39. The summed E-state index contributed by atoms with van der Waals surface area (Å²) in [5, 5.41) is 3.49. The predicted octanol–water partition coefficient (Wildman–Crippen LogP) is 3.82. The smallest absolute Gasteiger partial charge is 0.230 e. The first-order valence-corrected chi connectivity index (χ1v) is 11.4. The number of nitrogens with zero attached hydrogens (tertiary/aromatic N) is 2. The van der Waals surface area contributed by atoms with Crippen molar-refractivity contribution in [3.8, 4) is 11.3 Å². The molecule has 2 heterocycles. The van der Waals surface area contributed by atoms with Crippen LogP contribution in [-0.2, 0) is 16.1 Å². The standard InChI is InChI=1S/C24H25N3O3S/c28-22(19-10-5-2-6-11-19)15-25-23(29)17-31-24-26-14-21(18-8-3-1-4-9-18)27(24)16-20-12-7-13-30-20/h1-6,8-11,14,20H,7,12-13,15-17H2,(H,25,29). The number of carbonyl (C=O) groups excluding carboxylic acids is 2. The average molecular weight is 436 g/mol. The molecule has 3 aromatic rings. The van der Waals surface area contributed by atoms with Gasteiger partial charge < -0.3 is 14.6 Å². The molecule has 1 fully saturated rings. The third kappa shape index (κ3) is 5.62. The first-order chi connectivity index (χ1) is 15.2. The van der Waals surface area contributed by atoms with E-state index >= 15 is 0 Å². The summed E-state index contributed by atoms with van der Waals surface area (Å²) < 4.78 is 7.97. The van der Waals surface area contributed by atoms with Crippen molar-refractivity contribution < 1.29 is 14.3 Å². The normalized spacial score (nSPS) is 15.7. The Balaban J connectivity index is 1.39. The largest absolute Gasteiger partial charge is 0.376 e. The van der Waals surface area contributed by atoms with Crippen LogP contribution in [0.2, 0.25) is 0 Å². The van der Waals surface area contributed by atoms with Crippen molar-refractivity contribution in [3.05, 3.63) is 72.4 Å². The number of Topliss-reactive ketones (excluding diaryl/α,β-unsaturated/α-hetero) is 1. The molecule has 2 aromatic carbocycles. The number of amides is 1. The van der Waals surface area contributed by atoms with E-state index in [1.807, 2.05) is 42.6 Å². The van der Waals surface area contributed by atoms with Crippen LogP contribution in [0.4, 0.5) is 0 Å². The van der Waals surface area contributed by atoms with Crippen molar-refractivity contribution >= 4 is 23.5 Å². The van der Waals surface area contributed by atoms with Crippen LogP contribution < -0.4 is 5.32 Å². The molecular weight excluding hydrogens is 410 g/mol. The minimum atomic E-state index is -0.192. The predicted molar refractivity (Wildman–Crippen MR) is 121 cm³/mol. The van der Waals surface area contributed by atoms with Gasteiger partial charge in [-0.1, -0.05) is 72.4 Å². The first kappa shape index (κ1) is 21.3. The summed E-state index contributed by atoms with van der Waals surface area (Å²) in [5.74, 6) is -0.105. The van der Waals surface area contributed by atoms with Crippen molar-refractivity contribution in [3.63, 3.8) is 0 Å². The number of hydrogen-bond donors (Lipinski definition) is 1. The van der Waals surface area contributed by atoms with E-state index in [1.54, 1.807) is 12.1 Å². The highest BCUT2D eigenvalue weighted by Crippen LogP contribution is 2.28. The maximum atomic E-state index is 12.3. The van der Waals surface area contributed by atoms with Crippen LogP contribution in [-0.4, -0.2) is 46.2 Å². The minimum absolute atomic E-state index is 0.0109. The maximum Gasteiger partial charge on any atom is 0.230 e. The Labute approximate surface area is 186 Å². The molecule has 1 unspecified atom stereocenters. The van der Waals surface area contributed by atoms with Crippen molar-refractivity contribution in [2.45, 2.75) is 30.6 Å². The van der Waals surface area contributed by atoms with E-state index in [9.17, 15) is 9.59 Å². The zero-order chi connectivity index (χ0) is 21.5. The fraction of sp³-hybridized carbons (Fsp3) is 0.292. The number of rotatable bonds is 9. The zero-order valence-electron chi connectivity index (χ0n) is 17.2. The summed E-state index contributed by atoms with van der Waals surface area (Å²) in [7, 11) is 0. The molecule has 0 saturated carbocycles. The lowest BCUT2D eigenvalue weighted by Crippen LogP contribution is -2.31. The van der Waals surface area contributed by atoms with Gasteiger partial charge in [0, 0.05) is 12.2 Å². The van der Waals surface area contributed by atoms with Crippen LogP contribution in [0.15, 0.2) is 72.0 Å². The molecule has 0 radical (unpaired) electrons. The lowest BCUT2D eigenvalue weighted by Gasteiger charge is -2.16. The Kier molecular flexibility index (Phi) is 7.17. The Morgan fingerprint density at radius 3 is 2.55 bits per heavy atom. The minimum Gasteiger partial charge on any atom is -0.376 e. The number of ether oxygens (including phenoxy) is 1. The Morgan fingerprint density at radius 1 is 1.10 bits per heavy atom. The summed E-state index contributed by atoms with van der Waals surface area (Å²) in [6.07, 6.45) is 4.11. The Morgan fingerprint density at radius 2 is 1.84 bits per heavy atom. The molecule has 1 aromatic heterocycles. The van der Waals surface area contributed by atoms with Crippen molar-refractivity contribution in [1.82, 2.24) is 14.9 Å². The lowest BCUT2D eigenvalue weighted by molar-refractivity contribution is -0.118. The third-order valence-corrected chi connectivity index (χ3v) is 6.16. The summed E-state index contributed by atoms with van der Waals surface area (Å²) in [4.78, 5) is 29.1. The van der Waals surface area contributed by atoms with Gasteiger partial charge in [-0.3, -0.25) is 9.59 Å². The second kappa shape index (κ2) is 10.4. The molecule has 6 nitrogen and oxygen atoms in total. The van der Waals surface area contributed by atoms with E-state index in [2.05, 4.69) is 27.0 Å². The number of carbonyl (C=O) groups is 2. The average Bonchev–Trinajstić information content (AvgIpc) is 3.47. The number of thioether (sulfide) groups is 1. The number of benzene rings is 2. The Bertz CT molecular complexity index is 1020. The summed E-state index contributed by atoms with van der Waals surface area (Å²) in [6, 6.07) is 19.1. The summed E-state index contributed by atoms with van der Waals surface area (Å²) in [6.45, 7) is 1.49. The number of ketones is 1. The van der Waals surface area contributed by atoms with E-state index in [1.165, 1.54) is 11.8 Å². The van der Waals surface area contributed by atoms with Gasteiger partial charge in [0.15, 0.2) is 10.9 Å². The highest BCUT2D eigenvalue weighted by Gasteiger charge is 2.21. The molecule has 1 aliphatic rings. The maximum absolute atomic E-state index is 12.3. The molecule has 0 spiro atoms. The van der Waals surface area contributed by atoms with Gasteiger partial charge >= 0.3 is 0 Å². The molecule has 0 bridgehead atoms. The van der Waals surface area contributed by atoms with E-state index < -0.39 is 0 Å². The van der Waals surface area contributed by atoms with Crippen LogP contribution in [0.5, 0.6) is 0 Å². The van der Waals surface area contributed by atoms with Gasteiger partial charge in [0.05, 0.1) is 36.8 Å². The summed E-state index contributed by atoms with van der Waals surface area (Å²) >= 11 is 1.37. The van der Waals surface area contributed by atoms with Gasteiger partial charge in [-0.25, -0.2) is 4.98 Å². The number of nitrogens with one attached hydrogen (secondary N) is 1. The summed E-state index contributed by atoms with van der Waals surface area (Å²) in [5.41, 5.74) is 2.69. The van der Waals surface area contributed by atoms with E-state index in [0.29, 0.717) is 12.1 Å². The number of aromatic nitrogens is 2. The second-order valence-electron chi connectivity index (χ2n) is 7.39. The first-order valence-electron chi connectivity index (χ1n) is 10.4. The van der Waals surface area contributed by atoms with Gasteiger partial charge in [0.2, 0.25) is 5.91 Å². The van der Waals surface area contributed by atoms with E-state index in [-0.39, 0.29) is 30.1 Å². The van der Waals surface area contributed by atoms with Crippen LogP contribution in [0.3, 0.4) is 0 Å². The van der Waals surface area contributed by atoms with Gasteiger partial charge in [-0.15, -0.1) is 0 Å². The van der Waals surface area contributed by atoms with Crippen molar-refractivity contribution in [1.29, 1.82) is 0 Å². The van der Waals surface area contributed by atoms with Gasteiger partial charge in [0.1, 0.15) is 0 Å². The molecule has 31 heavy (non-hydrogen) atoms. The fourth-order valence-electron chi connectivity index (χ4n) is 3.57. The van der Waals surface area contributed by atoms with Crippen LogP contribution in [0.1, 0.15) is 23.2 Å². The number of hydrogen-bond acceptors (Lipinski definition) is 5.